The van der Waals surface area contributed by atoms with Crippen LogP contribution in [0.4, 0.5) is 0 Å². The van der Waals surface area contributed by atoms with Crippen molar-refractivity contribution in [3.63, 3.8) is 0 Å². The van der Waals surface area contributed by atoms with Crippen LogP contribution in [0.1, 0.15) is 36.0 Å². The summed E-state index contributed by atoms with van der Waals surface area (Å²) >= 11 is 0. The predicted octanol–water partition coefficient (Wildman–Crippen LogP) is 2.69. The van der Waals surface area contributed by atoms with Gasteiger partial charge in [-0.15, -0.1) is 0 Å². The monoisotopic (exact) mass is 249 g/mol. The SMILES string of the molecule is Cc1ccc(CCNCCCCC(=O)O)c(C)c1. The third kappa shape index (κ3) is 5.82. The van der Waals surface area contributed by atoms with Gasteiger partial charge < -0.3 is 10.4 Å². The standard InChI is InChI=1S/C15H23NO2/c1-12-6-7-14(13(2)11-12)8-10-16-9-4-3-5-15(17)18/h6-7,11,16H,3-5,8-10H2,1-2H3,(H,17,18). The summed E-state index contributed by atoms with van der Waals surface area (Å²) in [6, 6.07) is 6.55. The molecule has 0 bridgehead atoms. The second-order valence-electron chi connectivity index (χ2n) is 4.78. The van der Waals surface area contributed by atoms with Crippen molar-refractivity contribution < 1.29 is 9.90 Å². The number of hydrogen-bond donors (Lipinski definition) is 2. The molecule has 1 rings (SSSR count). The molecule has 0 spiro atoms. The maximum absolute atomic E-state index is 10.3. The van der Waals surface area contributed by atoms with E-state index in [0.29, 0.717) is 0 Å². The number of aryl methyl sites for hydroxylation is 2. The summed E-state index contributed by atoms with van der Waals surface area (Å²) in [5.41, 5.74) is 4.04. The van der Waals surface area contributed by atoms with Gasteiger partial charge in [0.15, 0.2) is 0 Å². The summed E-state index contributed by atoms with van der Waals surface area (Å²) in [6.45, 7) is 6.11. The van der Waals surface area contributed by atoms with Gasteiger partial charge in [0.05, 0.1) is 0 Å². The van der Waals surface area contributed by atoms with Crippen LogP contribution in [0, 0.1) is 13.8 Å². The van der Waals surface area contributed by atoms with Crippen LogP contribution in [0.5, 0.6) is 0 Å². The molecule has 0 atom stereocenters. The van der Waals surface area contributed by atoms with Gasteiger partial charge in [-0.25, -0.2) is 0 Å². The first-order valence-electron chi connectivity index (χ1n) is 6.58. The molecule has 3 nitrogen and oxygen atoms in total. The summed E-state index contributed by atoms with van der Waals surface area (Å²) < 4.78 is 0. The first-order valence-corrected chi connectivity index (χ1v) is 6.58. The van der Waals surface area contributed by atoms with E-state index in [4.69, 9.17) is 5.11 Å². The number of nitrogens with one attached hydrogen (secondary N) is 1. The predicted molar refractivity (Wildman–Crippen MR) is 74.0 cm³/mol. The van der Waals surface area contributed by atoms with Gasteiger partial charge in [-0.05, 0) is 57.3 Å². The molecule has 0 aliphatic rings. The topological polar surface area (TPSA) is 49.3 Å². The van der Waals surface area contributed by atoms with Crippen molar-refractivity contribution in [1.82, 2.24) is 5.32 Å². The lowest BCUT2D eigenvalue weighted by atomic mass is 10.0. The Balaban J connectivity index is 2.12. The molecule has 0 saturated carbocycles. The zero-order valence-electron chi connectivity index (χ0n) is 11.3. The van der Waals surface area contributed by atoms with Crippen molar-refractivity contribution >= 4 is 5.97 Å². The van der Waals surface area contributed by atoms with Gasteiger partial charge in [0.1, 0.15) is 0 Å². The highest BCUT2D eigenvalue weighted by Gasteiger charge is 1.99. The quantitative estimate of drug-likeness (QED) is 0.696. The Kier molecular flexibility index (Phi) is 6.44. The highest BCUT2D eigenvalue weighted by molar-refractivity contribution is 5.66. The fourth-order valence-corrected chi connectivity index (χ4v) is 2.00. The van der Waals surface area contributed by atoms with E-state index in [2.05, 4.69) is 37.4 Å². The molecule has 0 amide bonds. The van der Waals surface area contributed by atoms with Crippen LogP contribution in [0.3, 0.4) is 0 Å². The summed E-state index contributed by atoms with van der Waals surface area (Å²) in [6.07, 6.45) is 2.99. The number of unbranched alkanes of at least 4 members (excludes halogenated alkanes) is 1. The van der Waals surface area contributed by atoms with Crippen LogP contribution in [0.2, 0.25) is 0 Å². The number of carboxylic acids is 1. The lowest BCUT2D eigenvalue weighted by Gasteiger charge is -2.08. The molecule has 0 fully saturated rings. The Morgan fingerprint density at radius 1 is 1.22 bits per heavy atom. The number of carbonyl (C=O) groups is 1. The first kappa shape index (κ1) is 14.7. The van der Waals surface area contributed by atoms with Gasteiger partial charge in [0.2, 0.25) is 0 Å². The third-order valence-electron chi connectivity index (χ3n) is 3.06. The summed E-state index contributed by atoms with van der Waals surface area (Å²) in [7, 11) is 0. The van der Waals surface area contributed by atoms with Crippen molar-refractivity contribution in [2.45, 2.75) is 39.5 Å². The zero-order chi connectivity index (χ0) is 13.4. The number of aliphatic carboxylic acids is 1. The molecule has 1 aromatic rings. The van der Waals surface area contributed by atoms with Crippen molar-refractivity contribution in [3.05, 3.63) is 34.9 Å². The molecular weight excluding hydrogens is 226 g/mol. The number of benzene rings is 1. The molecule has 0 aliphatic carbocycles. The van der Waals surface area contributed by atoms with E-state index in [1.807, 2.05) is 0 Å². The average Bonchev–Trinajstić information content (AvgIpc) is 2.30. The third-order valence-corrected chi connectivity index (χ3v) is 3.06. The van der Waals surface area contributed by atoms with Crippen molar-refractivity contribution in [1.29, 1.82) is 0 Å². The van der Waals surface area contributed by atoms with E-state index in [9.17, 15) is 4.79 Å². The van der Waals surface area contributed by atoms with Crippen molar-refractivity contribution in [2.75, 3.05) is 13.1 Å². The maximum Gasteiger partial charge on any atom is 0.303 e. The van der Waals surface area contributed by atoms with Gasteiger partial charge in [-0.3, -0.25) is 4.79 Å². The lowest BCUT2D eigenvalue weighted by molar-refractivity contribution is -0.137. The van der Waals surface area contributed by atoms with Crippen LogP contribution >= 0.6 is 0 Å². The molecule has 0 heterocycles. The maximum atomic E-state index is 10.3. The van der Waals surface area contributed by atoms with E-state index in [1.165, 1.54) is 16.7 Å². The Morgan fingerprint density at radius 3 is 2.67 bits per heavy atom. The Hall–Kier alpha value is -1.35. The molecule has 0 unspecified atom stereocenters. The van der Waals surface area contributed by atoms with Crippen LogP contribution in [0.25, 0.3) is 0 Å². The van der Waals surface area contributed by atoms with Gasteiger partial charge in [-0.2, -0.15) is 0 Å². The van der Waals surface area contributed by atoms with E-state index >= 15 is 0 Å². The minimum absolute atomic E-state index is 0.277. The van der Waals surface area contributed by atoms with Crippen LogP contribution in [-0.4, -0.2) is 24.2 Å². The molecule has 18 heavy (non-hydrogen) atoms. The molecule has 1 aromatic carbocycles. The highest BCUT2D eigenvalue weighted by atomic mass is 16.4. The molecule has 0 saturated heterocycles. The highest BCUT2D eigenvalue weighted by Crippen LogP contribution is 2.10. The number of rotatable bonds is 8. The van der Waals surface area contributed by atoms with Crippen molar-refractivity contribution in [2.24, 2.45) is 0 Å². The Morgan fingerprint density at radius 2 is 2.00 bits per heavy atom. The van der Waals surface area contributed by atoms with E-state index < -0.39 is 5.97 Å². The van der Waals surface area contributed by atoms with Crippen LogP contribution in [0.15, 0.2) is 18.2 Å². The molecule has 0 aliphatic heterocycles. The van der Waals surface area contributed by atoms with Crippen LogP contribution in [-0.2, 0) is 11.2 Å². The fraction of sp³-hybridized carbons (Fsp3) is 0.533. The second-order valence-corrected chi connectivity index (χ2v) is 4.78. The summed E-state index contributed by atoms with van der Waals surface area (Å²) in [5, 5.41) is 11.9. The van der Waals surface area contributed by atoms with E-state index in [0.717, 1.165) is 32.4 Å². The molecule has 3 heteroatoms. The molecule has 2 N–H and O–H groups in total. The number of carboxylic acid groups (broad SMARTS) is 1. The molecule has 100 valence electrons. The first-order chi connectivity index (χ1) is 8.59. The average molecular weight is 249 g/mol. The smallest absolute Gasteiger partial charge is 0.303 e. The largest absolute Gasteiger partial charge is 0.481 e. The summed E-state index contributed by atoms with van der Waals surface area (Å²) in [5.74, 6) is -0.703. The molecule has 0 radical (unpaired) electrons. The van der Waals surface area contributed by atoms with Gasteiger partial charge >= 0.3 is 5.97 Å². The Bertz CT molecular complexity index is 388. The van der Waals surface area contributed by atoms with E-state index in [1.54, 1.807) is 0 Å². The fourth-order valence-electron chi connectivity index (χ4n) is 2.00. The van der Waals surface area contributed by atoms with E-state index in [-0.39, 0.29) is 6.42 Å². The minimum Gasteiger partial charge on any atom is -0.481 e. The van der Waals surface area contributed by atoms with Gasteiger partial charge in [-0.1, -0.05) is 23.8 Å². The molecule has 0 aromatic heterocycles. The van der Waals surface area contributed by atoms with Crippen molar-refractivity contribution in [3.8, 4) is 0 Å². The lowest BCUT2D eigenvalue weighted by Crippen LogP contribution is -2.19. The number of hydrogen-bond acceptors (Lipinski definition) is 2. The normalized spacial score (nSPS) is 10.6. The van der Waals surface area contributed by atoms with Gasteiger partial charge in [0.25, 0.3) is 0 Å². The van der Waals surface area contributed by atoms with Gasteiger partial charge in [0, 0.05) is 6.42 Å². The summed E-state index contributed by atoms with van der Waals surface area (Å²) in [4.78, 5) is 10.3. The molecular formula is C15H23NO2. The second kappa shape index (κ2) is 7.88. The minimum atomic E-state index is -0.703. The Labute approximate surface area is 109 Å². The van der Waals surface area contributed by atoms with Crippen LogP contribution < -0.4 is 5.32 Å². The zero-order valence-corrected chi connectivity index (χ0v) is 11.3.